The number of phosphoric acid groups is 1. The zero-order valence-electron chi connectivity index (χ0n) is 36.4. The standard InChI is InChI=1S/C46H80NO9P/c1-6-8-10-12-14-15-16-17-18-19-20-21-26-30-34-38-46(50)56-44(42-55-57(51,52)54-40-39-47(3,4)5)41-53-45(49)37-33-29-25-23-22-24-28-32-36-43(48)35-31-27-13-11-9-7-2/h9,11,17-18,23-25,27-28,31-32,36,43-44,48H,6-8,10,12-16,19-22,26,29-30,33-35,37-42H2,1-5H3/p+1/b11-9-,18-17-,25-23-,28-24-,31-27-,36-32+/t43?,44-/m1/s1. The lowest BCUT2D eigenvalue weighted by Gasteiger charge is -2.24. The van der Waals surface area contributed by atoms with E-state index in [1.807, 2.05) is 57.6 Å². The third-order valence-corrected chi connectivity index (χ3v) is 9.79. The van der Waals surface area contributed by atoms with Crippen LogP contribution < -0.4 is 0 Å². The molecule has 0 saturated heterocycles. The van der Waals surface area contributed by atoms with Crippen LogP contribution >= 0.6 is 7.82 Å². The van der Waals surface area contributed by atoms with Crippen molar-refractivity contribution in [3.63, 3.8) is 0 Å². The highest BCUT2D eigenvalue weighted by atomic mass is 31.2. The molecule has 0 saturated carbocycles. The van der Waals surface area contributed by atoms with E-state index < -0.39 is 38.6 Å². The van der Waals surface area contributed by atoms with E-state index in [-0.39, 0.29) is 26.1 Å². The zero-order valence-corrected chi connectivity index (χ0v) is 37.3. The summed E-state index contributed by atoms with van der Waals surface area (Å²) < 4.78 is 34.2. The summed E-state index contributed by atoms with van der Waals surface area (Å²) in [4.78, 5) is 35.3. The molecule has 0 aliphatic rings. The van der Waals surface area contributed by atoms with Gasteiger partial charge in [-0.1, -0.05) is 138 Å². The Kier molecular flexibility index (Phi) is 36.0. The van der Waals surface area contributed by atoms with Crippen molar-refractivity contribution in [2.45, 2.75) is 161 Å². The predicted molar refractivity (Wildman–Crippen MR) is 235 cm³/mol. The molecule has 0 aromatic heterocycles. The van der Waals surface area contributed by atoms with Crippen LogP contribution in [0.25, 0.3) is 0 Å². The Morgan fingerprint density at radius 1 is 0.649 bits per heavy atom. The average Bonchev–Trinajstić information content (AvgIpc) is 3.15. The molecule has 0 radical (unpaired) electrons. The summed E-state index contributed by atoms with van der Waals surface area (Å²) in [7, 11) is 1.39. The van der Waals surface area contributed by atoms with E-state index in [0.29, 0.717) is 36.7 Å². The van der Waals surface area contributed by atoms with Crippen LogP contribution in [0, 0.1) is 0 Å². The van der Waals surface area contributed by atoms with E-state index in [1.54, 1.807) is 6.08 Å². The number of ether oxygens (including phenoxy) is 2. The van der Waals surface area contributed by atoms with Gasteiger partial charge in [0, 0.05) is 12.8 Å². The second kappa shape index (κ2) is 37.7. The molecule has 57 heavy (non-hydrogen) atoms. The maximum absolute atomic E-state index is 12.7. The summed E-state index contributed by atoms with van der Waals surface area (Å²) in [5, 5.41) is 10.0. The monoisotopic (exact) mass is 823 g/mol. The lowest BCUT2D eigenvalue weighted by Crippen LogP contribution is -2.37. The summed E-state index contributed by atoms with van der Waals surface area (Å²) in [5.41, 5.74) is 0. The molecule has 0 fully saturated rings. The van der Waals surface area contributed by atoms with E-state index in [9.17, 15) is 24.2 Å². The highest BCUT2D eigenvalue weighted by Gasteiger charge is 2.27. The van der Waals surface area contributed by atoms with Gasteiger partial charge in [-0.05, 0) is 70.6 Å². The van der Waals surface area contributed by atoms with Crippen LogP contribution in [-0.2, 0) is 32.7 Å². The van der Waals surface area contributed by atoms with E-state index in [1.165, 1.54) is 44.9 Å². The Morgan fingerprint density at radius 3 is 1.91 bits per heavy atom. The number of rotatable bonds is 38. The maximum Gasteiger partial charge on any atom is 0.472 e. The smallest absolute Gasteiger partial charge is 0.462 e. The minimum Gasteiger partial charge on any atom is -0.462 e. The minimum absolute atomic E-state index is 0.00786. The molecule has 0 bridgehead atoms. The number of allylic oxidation sites excluding steroid dienone is 10. The predicted octanol–water partition coefficient (Wildman–Crippen LogP) is 11.2. The number of hydrogen-bond acceptors (Lipinski definition) is 8. The fourth-order valence-corrected chi connectivity index (χ4v) is 6.10. The van der Waals surface area contributed by atoms with Gasteiger partial charge in [-0.2, -0.15) is 0 Å². The third-order valence-electron chi connectivity index (χ3n) is 8.80. The van der Waals surface area contributed by atoms with Gasteiger partial charge in [0.2, 0.25) is 0 Å². The highest BCUT2D eigenvalue weighted by Crippen LogP contribution is 2.43. The molecule has 0 amide bonds. The molecule has 0 aliphatic heterocycles. The van der Waals surface area contributed by atoms with Crippen LogP contribution in [-0.4, -0.2) is 86.1 Å². The van der Waals surface area contributed by atoms with Gasteiger partial charge in [-0.3, -0.25) is 18.6 Å². The van der Waals surface area contributed by atoms with Crippen molar-refractivity contribution >= 4 is 19.8 Å². The van der Waals surface area contributed by atoms with Gasteiger partial charge < -0.3 is 24.0 Å². The largest absolute Gasteiger partial charge is 0.472 e. The van der Waals surface area contributed by atoms with Crippen molar-refractivity contribution in [2.75, 3.05) is 47.5 Å². The summed E-state index contributed by atoms with van der Waals surface area (Å²) >= 11 is 0. The van der Waals surface area contributed by atoms with E-state index in [0.717, 1.165) is 51.4 Å². The number of aliphatic hydroxyl groups excluding tert-OH is 1. The molecular weight excluding hydrogens is 741 g/mol. The Hall–Kier alpha value is -2.59. The molecule has 0 aromatic rings. The van der Waals surface area contributed by atoms with Crippen LogP contribution in [0.1, 0.15) is 149 Å². The van der Waals surface area contributed by atoms with E-state index in [4.69, 9.17) is 18.5 Å². The molecule has 0 spiro atoms. The first-order valence-corrected chi connectivity index (χ1v) is 23.3. The van der Waals surface area contributed by atoms with Crippen LogP contribution in [0.5, 0.6) is 0 Å². The Balaban J connectivity index is 4.55. The quantitative estimate of drug-likeness (QED) is 0.0156. The Morgan fingerprint density at radius 2 is 1.23 bits per heavy atom. The van der Waals surface area contributed by atoms with E-state index in [2.05, 4.69) is 44.2 Å². The van der Waals surface area contributed by atoms with Gasteiger partial charge in [0.15, 0.2) is 6.10 Å². The summed E-state index contributed by atoms with van der Waals surface area (Å²) in [5.74, 6) is -0.922. The van der Waals surface area contributed by atoms with Crippen LogP contribution in [0.2, 0.25) is 0 Å². The lowest BCUT2D eigenvalue weighted by atomic mass is 10.1. The van der Waals surface area contributed by atoms with Crippen LogP contribution in [0.3, 0.4) is 0 Å². The van der Waals surface area contributed by atoms with Crippen molar-refractivity contribution in [3.8, 4) is 0 Å². The number of phosphoric ester groups is 1. The van der Waals surface area contributed by atoms with E-state index >= 15 is 0 Å². The normalized spacial score (nSPS) is 14.9. The second-order valence-electron chi connectivity index (χ2n) is 15.5. The summed E-state index contributed by atoms with van der Waals surface area (Å²) in [6.07, 6.45) is 42.7. The number of carbonyl (C=O) groups is 2. The molecule has 0 aliphatic carbocycles. The Bertz CT molecular complexity index is 1220. The van der Waals surface area contributed by atoms with Crippen molar-refractivity contribution in [3.05, 3.63) is 72.9 Å². The number of hydrogen-bond donors (Lipinski definition) is 2. The number of quaternary nitrogens is 1. The third kappa shape index (κ3) is 41.4. The first kappa shape index (κ1) is 54.4. The van der Waals surface area contributed by atoms with Gasteiger partial charge in [0.05, 0.1) is 33.9 Å². The number of carbonyl (C=O) groups excluding carboxylic acids is 2. The first-order chi connectivity index (χ1) is 27.4. The number of unbranched alkanes of at least 4 members (excludes halogenated alkanes) is 12. The molecule has 0 heterocycles. The molecule has 10 nitrogen and oxygen atoms in total. The second-order valence-corrected chi connectivity index (χ2v) is 17.0. The summed E-state index contributed by atoms with van der Waals surface area (Å²) in [6, 6.07) is 0. The van der Waals surface area contributed by atoms with Gasteiger partial charge in [-0.15, -0.1) is 0 Å². The highest BCUT2D eigenvalue weighted by molar-refractivity contribution is 7.47. The molecule has 3 atom stereocenters. The topological polar surface area (TPSA) is 129 Å². The minimum atomic E-state index is -4.41. The molecule has 2 unspecified atom stereocenters. The van der Waals surface area contributed by atoms with Crippen molar-refractivity contribution in [1.82, 2.24) is 0 Å². The van der Waals surface area contributed by atoms with Gasteiger partial charge >= 0.3 is 19.8 Å². The van der Waals surface area contributed by atoms with Gasteiger partial charge in [0.1, 0.15) is 19.8 Å². The molecule has 328 valence electrons. The number of esters is 2. The fraction of sp³-hybridized carbons (Fsp3) is 0.696. The molecule has 11 heteroatoms. The average molecular weight is 823 g/mol. The van der Waals surface area contributed by atoms with Gasteiger partial charge in [-0.25, -0.2) is 4.57 Å². The SMILES string of the molecule is CC/C=C\C/C=C\CC(O)/C=C/C=C\C/C=C\CCCC(=O)OC[C@H](COP(=O)(O)OCC[N+](C)(C)C)OC(=O)CCCCCCC/C=C\CCCCCCCC. The fourth-order valence-electron chi connectivity index (χ4n) is 5.36. The van der Waals surface area contributed by atoms with Crippen LogP contribution in [0.4, 0.5) is 0 Å². The number of aliphatic hydroxyl groups is 1. The van der Waals surface area contributed by atoms with Gasteiger partial charge in [0.25, 0.3) is 0 Å². The molecular formula is C46H81NO9P+. The first-order valence-electron chi connectivity index (χ1n) is 21.8. The summed E-state index contributed by atoms with van der Waals surface area (Å²) in [6.45, 7) is 4.11. The number of likely N-dealkylation sites (N-methyl/N-ethyl adjacent to an activating group) is 1. The zero-order chi connectivity index (χ0) is 42.3. The van der Waals surface area contributed by atoms with Crippen molar-refractivity contribution < 1.29 is 47.2 Å². The lowest BCUT2D eigenvalue weighted by molar-refractivity contribution is -0.870. The maximum atomic E-state index is 12.7. The van der Waals surface area contributed by atoms with Crippen molar-refractivity contribution in [2.24, 2.45) is 0 Å². The van der Waals surface area contributed by atoms with Crippen LogP contribution in [0.15, 0.2) is 72.9 Å². The number of nitrogens with zero attached hydrogens (tertiary/aromatic N) is 1. The Labute approximate surface area is 347 Å². The molecule has 2 N–H and O–H groups in total. The van der Waals surface area contributed by atoms with Crippen molar-refractivity contribution in [1.29, 1.82) is 0 Å². The molecule has 0 aromatic carbocycles. The molecule has 0 rings (SSSR count).